The van der Waals surface area contributed by atoms with E-state index in [1.165, 1.54) is 23.5 Å². The first-order valence-electron chi connectivity index (χ1n) is 8.15. The Morgan fingerprint density at radius 1 is 1.00 bits per heavy atom. The number of hydrogen-bond donors (Lipinski definition) is 1. The molecule has 26 heavy (non-hydrogen) atoms. The fourth-order valence-electron chi connectivity index (χ4n) is 3.22. The van der Waals surface area contributed by atoms with Crippen LogP contribution in [0.5, 0.6) is 0 Å². The van der Waals surface area contributed by atoms with E-state index in [-0.39, 0.29) is 18.3 Å². The number of nitrogens with one attached hydrogen (secondary N) is 1. The minimum Gasteiger partial charge on any atom is -0.448 e. The molecule has 6 heteroatoms. The minimum atomic E-state index is -0.589. The normalized spacial score (nSPS) is 12.2. The molecule has 2 aromatic carbocycles. The van der Waals surface area contributed by atoms with Gasteiger partial charge in [-0.2, -0.15) is 0 Å². The molecule has 1 heterocycles. The summed E-state index contributed by atoms with van der Waals surface area (Å²) in [7, 11) is 0. The second-order valence-electron chi connectivity index (χ2n) is 5.90. The first kappa shape index (κ1) is 16.0. The van der Waals surface area contributed by atoms with Crippen molar-refractivity contribution in [2.75, 3.05) is 11.9 Å². The van der Waals surface area contributed by atoms with Gasteiger partial charge >= 0.3 is 6.09 Å². The molecule has 0 aliphatic heterocycles. The SMILES string of the molecule is O=Cc1ncc(NC(=O)OCC2c3ccccc3-c3ccccc32)cn1. The van der Waals surface area contributed by atoms with Crippen LogP contribution in [0.4, 0.5) is 10.5 Å². The second kappa shape index (κ2) is 6.76. The lowest BCUT2D eigenvalue weighted by Crippen LogP contribution is -2.18. The van der Waals surface area contributed by atoms with Gasteiger partial charge in [0.25, 0.3) is 0 Å². The number of hydrogen-bond acceptors (Lipinski definition) is 5. The maximum Gasteiger partial charge on any atom is 0.411 e. The molecule has 0 saturated carbocycles. The topological polar surface area (TPSA) is 81.2 Å². The Morgan fingerprint density at radius 3 is 2.15 bits per heavy atom. The smallest absolute Gasteiger partial charge is 0.411 e. The Labute approximate surface area is 149 Å². The van der Waals surface area contributed by atoms with E-state index < -0.39 is 6.09 Å². The summed E-state index contributed by atoms with van der Waals surface area (Å²) in [6, 6.07) is 16.3. The van der Waals surface area contributed by atoms with E-state index in [2.05, 4.69) is 39.6 Å². The molecule has 0 radical (unpaired) electrons. The van der Waals surface area contributed by atoms with E-state index in [9.17, 15) is 9.59 Å². The van der Waals surface area contributed by atoms with E-state index in [1.807, 2.05) is 24.3 Å². The lowest BCUT2D eigenvalue weighted by molar-refractivity contribution is 0.111. The van der Waals surface area contributed by atoms with E-state index in [1.54, 1.807) is 0 Å². The highest BCUT2D eigenvalue weighted by Crippen LogP contribution is 2.44. The van der Waals surface area contributed by atoms with Gasteiger partial charge in [0.05, 0.1) is 18.1 Å². The predicted octanol–water partition coefficient (Wildman–Crippen LogP) is 3.65. The number of aldehydes is 1. The van der Waals surface area contributed by atoms with Crippen LogP contribution in [-0.2, 0) is 4.74 Å². The second-order valence-corrected chi connectivity index (χ2v) is 5.90. The minimum absolute atomic E-state index is 0.00170. The predicted molar refractivity (Wildman–Crippen MR) is 96.1 cm³/mol. The summed E-state index contributed by atoms with van der Waals surface area (Å²) in [6.07, 6.45) is 2.67. The zero-order valence-electron chi connectivity index (χ0n) is 13.8. The van der Waals surface area contributed by atoms with Crippen LogP contribution in [0.15, 0.2) is 60.9 Å². The van der Waals surface area contributed by atoms with Crippen molar-refractivity contribution in [3.8, 4) is 11.1 Å². The van der Waals surface area contributed by atoms with E-state index >= 15 is 0 Å². The van der Waals surface area contributed by atoms with Gasteiger partial charge in [-0.15, -0.1) is 0 Å². The molecule has 128 valence electrons. The molecule has 3 aromatic rings. The number of anilines is 1. The Morgan fingerprint density at radius 2 is 1.58 bits per heavy atom. The number of amides is 1. The maximum atomic E-state index is 12.1. The fourth-order valence-corrected chi connectivity index (χ4v) is 3.22. The largest absolute Gasteiger partial charge is 0.448 e. The van der Waals surface area contributed by atoms with Gasteiger partial charge in [-0.25, -0.2) is 14.8 Å². The molecule has 0 unspecified atom stereocenters. The van der Waals surface area contributed by atoms with Gasteiger partial charge in [0, 0.05) is 5.92 Å². The first-order valence-corrected chi connectivity index (χ1v) is 8.15. The van der Waals surface area contributed by atoms with E-state index in [4.69, 9.17) is 4.74 Å². The Bertz CT molecular complexity index is 925. The van der Waals surface area contributed by atoms with Crippen LogP contribution in [0.1, 0.15) is 27.7 Å². The van der Waals surface area contributed by atoms with Crippen LogP contribution in [0, 0.1) is 0 Å². The number of carbonyl (C=O) groups excluding carboxylic acids is 2. The Hall–Kier alpha value is -3.54. The number of fused-ring (bicyclic) bond motifs is 3. The van der Waals surface area contributed by atoms with Crippen molar-refractivity contribution in [1.29, 1.82) is 0 Å². The van der Waals surface area contributed by atoms with Gasteiger partial charge < -0.3 is 4.74 Å². The summed E-state index contributed by atoms with van der Waals surface area (Å²) < 4.78 is 5.43. The quantitative estimate of drug-likeness (QED) is 0.730. The van der Waals surface area contributed by atoms with Gasteiger partial charge in [-0.3, -0.25) is 10.1 Å². The monoisotopic (exact) mass is 345 g/mol. The molecule has 0 spiro atoms. The summed E-state index contributed by atoms with van der Waals surface area (Å²) in [5.41, 5.74) is 5.03. The molecule has 0 bridgehead atoms. The Kier molecular flexibility index (Phi) is 4.15. The molecule has 1 amide bonds. The Balaban J connectivity index is 1.47. The highest BCUT2D eigenvalue weighted by Gasteiger charge is 2.28. The fraction of sp³-hybridized carbons (Fsp3) is 0.100. The van der Waals surface area contributed by atoms with Crippen LogP contribution in [-0.4, -0.2) is 29.0 Å². The number of ether oxygens (including phenoxy) is 1. The third kappa shape index (κ3) is 2.93. The molecule has 1 N–H and O–H groups in total. The zero-order chi connectivity index (χ0) is 17.9. The maximum absolute atomic E-state index is 12.1. The van der Waals surface area contributed by atoms with Crippen LogP contribution in [0.2, 0.25) is 0 Å². The summed E-state index contributed by atoms with van der Waals surface area (Å²) in [5, 5.41) is 2.56. The molecular formula is C20H15N3O3. The first-order chi connectivity index (χ1) is 12.8. The number of benzene rings is 2. The van der Waals surface area contributed by atoms with Gasteiger partial charge in [0.1, 0.15) is 6.61 Å². The van der Waals surface area contributed by atoms with Crippen molar-refractivity contribution in [2.24, 2.45) is 0 Å². The van der Waals surface area contributed by atoms with Crippen molar-refractivity contribution >= 4 is 18.1 Å². The summed E-state index contributed by atoms with van der Waals surface area (Å²) >= 11 is 0. The number of aromatic nitrogens is 2. The number of carbonyl (C=O) groups is 2. The van der Waals surface area contributed by atoms with Gasteiger partial charge in [-0.1, -0.05) is 48.5 Å². The molecule has 1 aliphatic carbocycles. The van der Waals surface area contributed by atoms with Crippen molar-refractivity contribution in [1.82, 2.24) is 9.97 Å². The average molecular weight is 345 g/mol. The highest BCUT2D eigenvalue weighted by molar-refractivity contribution is 5.85. The number of nitrogens with zero attached hydrogens (tertiary/aromatic N) is 2. The third-order valence-electron chi connectivity index (χ3n) is 4.37. The molecule has 0 fully saturated rings. The van der Waals surface area contributed by atoms with Crippen molar-refractivity contribution in [3.05, 3.63) is 77.9 Å². The highest BCUT2D eigenvalue weighted by atomic mass is 16.5. The lowest BCUT2D eigenvalue weighted by atomic mass is 9.98. The van der Waals surface area contributed by atoms with E-state index in [0.29, 0.717) is 12.0 Å². The summed E-state index contributed by atoms with van der Waals surface area (Å²) in [5.74, 6) is 0.0601. The molecule has 1 aliphatic rings. The summed E-state index contributed by atoms with van der Waals surface area (Å²) in [6.45, 7) is 0.229. The van der Waals surface area contributed by atoms with Crippen molar-refractivity contribution in [3.63, 3.8) is 0 Å². The molecule has 6 nitrogen and oxygen atoms in total. The lowest BCUT2D eigenvalue weighted by Gasteiger charge is -2.14. The standard InChI is InChI=1S/C20H15N3O3/c24-11-19-21-9-13(10-22-19)23-20(25)26-12-18-16-7-3-1-5-14(16)15-6-2-4-8-17(15)18/h1-11,18H,12H2,(H,23,25). The molecule has 0 atom stereocenters. The van der Waals surface area contributed by atoms with Crippen LogP contribution in [0.25, 0.3) is 11.1 Å². The van der Waals surface area contributed by atoms with Crippen LogP contribution < -0.4 is 5.32 Å². The van der Waals surface area contributed by atoms with Gasteiger partial charge in [-0.05, 0) is 22.3 Å². The number of rotatable bonds is 4. The van der Waals surface area contributed by atoms with Crippen molar-refractivity contribution < 1.29 is 14.3 Å². The zero-order valence-corrected chi connectivity index (χ0v) is 13.8. The van der Waals surface area contributed by atoms with Gasteiger partial charge in [0.2, 0.25) is 0 Å². The molecule has 4 rings (SSSR count). The summed E-state index contributed by atoms with van der Waals surface area (Å²) in [4.78, 5) is 30.2. The third-order valence-corrected chi connectivity index (χ3v) is 4.37. The molecular weight excluding hydrogens is 330 g/mol. The molecule has 0 saturated heterocycles. The van der Waals surface area contributed by atoms with Gasteiger partial charge in [0.15, 0.2) is 12.1 Å². The van der Waals surface area contributed by atoms with Crippen molar-refractivity contribution in [2.45, 2.75) is 5.92 Å². The average Bonchev–Trinajstić information content (AvgIpc) is 3.01. The van der Waals surface area contributed by atoms with Crippen LogP contribution >= 0.6 is 0 Å². The van der Waals surface area contributed by atoms with Crippen LogP contribution in [0.3, 0.4) is 0 Å². The van der Waals surface area contributed by atoms with E-state index in [0.717, 1.165) is 11.1 Å². The molecule has 1 aromatic heterocycles.